The molecule has 0 atom stereocenters. The summed E-state index contributed by atoms with van der Waals surface area (Å²) in [4.78, 5) is 29.8. The number of nitrogens with one attached hydrogen (secondary N) is 3. The average Bonchev–Trinajstić information content (AvgIpc) is 3.51. The summed E-state index contributed by atoms with van der Waals surface area (Å²) in [6, 6.07) is 13.4. The van der Waals surface area contributed by atoms with E-state index in [-0.39, 0.29) is 17.6 Å². The maximum atomic E-state index is 13.2. The molecule has 2 aromatic carbocycles. The van der Waals surface area contributed by atoms with Gasteiger partial charge in [-0.1, -0.05) is 38.1 Å². The molecule has 38 heavy (non-hydrogen) atoms. The predicted molar refractivity (Wildman–Crippen MR) is 152 cm³/mol. The van der Waals surface area contributed by atoms with E-state index in [1.807, 2.05) is 18.2 Å². The van der Waals surface area contributed by atoms with Crippen LogP contribution in [0.25, 0.3) is 0 Å². The van der Waals surface area contributed by atoms with Gasteiger partial charge in [0.05, 0.1) is 11.8 Å². The number of aryl methyl sites for hydroxylation is 1. The zero-order valence-corrected chi connectivity index (χ0v) is 22.7. The van der Waals surface area contributed by atoms with Crippen LogP contribution in [0.2, 0.25) is 0 Å². The van der Waals surface area contributed by atoms with Crippen LogP contribution in [0.3, 0.4) is 0 Å². The molecule has 0 unspecified atom stereocenters. The standard InChI is InChI=1S/C29H34FN5O2S/c1-3-35(4-2)16-15-31-18-21-7-5-8-22(17-21)27(36)33-29-26(24-9-6-10-25(24)38-29)28(37)34-32-19-20-11-13-23(30)14-12-20/h5,7-8,11-14,17,19,31H,3-4,6,9-10,15-16,18H2,1-2H3,(H,33,36)(H,34,37)/b32-19+. The van der Waals surface area contributed by atoms with Crippen molar-refractivity contribution in [1.82, 2.24) is 15.6 Å². The second-order valence-corrected chi connectivity index (χ2v) is 10.3. The molecule has 0 fully saturated rings. The van der Waals surface area contributed by atoms with Gasteiger partial charge in [0.15, 0.2) is 0 Å². The minimum Gasteiger partial charge on any atom is -0.313 e. The van der Waals surface area contributed by atoms with Crippen molar-refractivity contribution >= 4 is 34.4 Å². The summed E-state index contributed by atoms with van der Waals surface area (Å²) in [6.45, 7) is 8.90. The maximum absolute atomic E-state index is 13.2. The number of anilines is 1. The largest absolute Gasteiger partial charge is 0.313 e. The smallest absolute Gasteiger partial charge is 0.274 e. The molecule has 3 N–H and O–H groups in total. The fourth-order valence-electron chi connectivity index (χ4n) is 4.51. The minimum absolute atomic E-state index is 0.251. The Hall–Kier alpha value is -3.40. The molecular weight excluding hydrogens is 501 g/mol. The van der Waals surface area contributed by atoms with E-state index in [0.29, 0.717) is 28.2 Å². The second kappa shape index (κ2) is 13.4. The van der Waals surface area contributed by atoms with Gasteiger partial charge in [-0.15, -0.1) is 11.3 Å². The first-order valence-electron chi connectivity index (χ1n) is 13.0. The van der Waals surface area contributed by atoms with E-state index in [0.717, 1.165) is 61.4 Å². The normalized spacial score (nSPS) is 12.7. The molecule has 200 valence electrons. The van der Waals surface area contributed by atoms with Gasteiger partial charge < -0.3 is 15.5 Å². The third kappa shape index (κ3) is 7.12. The zero-order valence-electron chi connectivity index (χ0n) is 21.9. The van der Waals surface area contributed by atoms with Gasteiger partial charge in [-0.3, -0.25) is 9.59 Å². The fourth-order valence-corrected chi connectivity index (χ4v) is 5.79. The number of hydrazone groups is 1. The van der Waals surface area contributed by atoms with Crippen LogP contribution in [0.1, 0.15) is 62.6 Å². The van der Waals surface area contributed by atoms with Crippen LogP contribution in [-0.4, -0.2) is 49.1 Å². The van der Waals surface area contributed by atoms with Gasteiger partial charge in [-0.05, 0) is 73.3 Å². The zero-order chi connectivity index (χ0) is 26.9. The number of hydrogen-bond acceptors (Lipinski definition) is 6. The summed E-state index contributed by atoms with van der Waals surface area (Å²) in [5, 5.41) is 11.0. The van der Waals surface area contributed by atoms with Crippen molar-refractivity contribution in [3.63, 3.8) is 0 Å². The highest BCUT2D eigenvalue weighted by Gasteiger charge is 2.27. The Morgan fingerprint density at radius 3 is 2.63 bits per heavy atom. The molecule has 7 nitrogen and oxygen atoms in total. The number of nitrogens with zero attached hydrogens (tertiary/aromatic N) is 2. The average molecular weight is 536 g/mol. The number of carbonyl (C=O) groups excluding carboxylic acids is 2. The number of fused-ring (bicyclic) bond motifs is 1. The fraction of sp³-hybridized carbons (Fsp3) is 0.345. The quantitative estimate of drug-likeness (QED) is 0.176. The highest BCUT2D eigenvalue weighted by atomic mass is 32.1. The molecule has 1 aliphatic carbocycles. The van der Waals surface area contributed by atoms with E-state index in [9.17, 15) is 14.0 Å². The summed E-state index contributed by atoms with van der Waals surface area (Å²) in [7, 11) is 0. The number of amides is 2. The topological polar surface area (TPSA) is 85.8 Å². The molecule has 0 spiro atoms. The van der Waals surface area contributed by atoms with E-state index in [1.54, 1.807) is 18.2 Å². The molecule has 3 aromatic rings. The molecule has 1 aliphatic rings. The molecule has 0 aliphatic heterocycles. The number of thiophene rings is 1. The van der Waals surface area contributed by atoms with Crippen molar-refractivity contribution in [3.8, 4) is 0 Å². The van der Waals surface area contributed by atoms with Crippen LogP contribution in [0.4, 0.5) is 9.39 Å². The van der Waals surface area contributed by atoms with Gasteiger partial charge in [0.1, 0.15) is 10.8 Å². The van der Waals surface area contributed by atoms with Crippen molar-refractivity contribution in [1.29, 1.82) is 0 Å². The maximum Gasteiger partial charge on any atom is 0.274 e. The third-order valence-electron chi connectivity index (χ3n) is 6.64. The van der Waals surface area contributed by atoms with E-state index in [2.05, 4.69) is 39.9 Å². The molecule has 0 saturated heterocycles. The highest BCUT2D eigenvalue weighted by Crippen LogP contribution is 2.39. The number of rotatable bonds is 12. The van der Waals surface area contributed by atoms with Crippen LogP contribution in [0.5, 0.6) is 0 Å². The summed E-state index contributed by atoms with van der Waals surface area (Å²) >= 11 is 1.46. The molecule has 0 radical (unpaired) electrons. The number of benzene rings is 2. The van der Waals surface area contributed by atoms with Gasteiger partial charge in [0.2, 0.25) is 0 Å². The van der Waals surface area contributed by atoms with Crippen molar-refractivity contribution in [3.05, 3.63) is 87.0 Å². The van der Waals surface area contributed by atoms with Crippen LogP contribution >= 0.6 is 11.3 Å². The summed E-state index contributed by atoms with van der Waals surface area (Å²) in [5.74, 6) is -0.958. The van der Waals surface area contributed by atoms with Crippen LogP contribution < -0.4 is 16.1 Å². The highest BCUT2D eigenvalue weighted by molar-refractivity contribution is 7.17. The second-order valence-electron chi connectivity index (χ2n) is 9.17. The first-order chi connectivity index (χ1) is 18.5. The first kappa shape index (κ1) is 27.6. The van der Waals surface area contributed by atoms with Crippen molar-refractivity contribution < 1.29 is 14.0 Å². The number of carbonyl (C=O) groups is 2. The van der Waals surface area contributed by atoms with Crippen molar-refractivity contribution in [2.75, 3.05) is 31.5 Å². The Labute approximate surface area is 227 Å². The molecule has 0 bridgehead atoms. The molecule has 1 aromatic heterocycles. The lowest BCUT2D eigenvalue weighted by Crippen LogP contribution is -2.31. The molecule has 4 rings (SSSR count). The van der Waals surface area contributed by atoms with E-state index < -0.39 is 0 Å². The monoisotopic (exact) mass is 535 g/mol. The van der Waals surface area contributed by atoms with Crippen molar-refractivity contribution in [2.45, 2.75) is 39.7 Å². The lowest BCUT2D eigenvalue weighted by atomic mass is 10.1. The summed E-state index contributed by atoms with van der Waals surface area (Å²) in [6.07, 6.45) is 4.13. The number of halogens is 1. The molecule has 1 heterocycles. The van der Waals surface area contributed by atoms with Gasteiger partial charge >= 0.3 is 0 Å². The van der Waals surface area contributed by atoms with Gasteiger partial charge in [-0.2, -0.15) is 5.10 Å². The molecule has 2 amide bonds. The summed E-state index contributed by atoms with van der Waals surface area (Å²) in [5.41, 5.74) is 6.25. The lowest BCUT2D eigenvalue weighted by molar-refractivity contribution is 0.0955. The first-order valence-corrected chi connectivity index (χ1v) is 13.9. The number of likely N-dealkylation sites (N-methyl/N-ethyl adjacent to an activating group) is 1. The Kier molecular flexibility index (Phi) is 9.75. The van der Waals surface area contributed by atoms with Crippen LogP contribution in [-0.2, 0) is 19.4 Å². The molecule has 9 heteroatoms. The van der Waals surface area contributed by atoms with E-state index in [4.69, 9.17) is 0 Å². The van der Waals surface area contributed by atoms with Gasteiger partial charge in [-0.25, -0.2) is 9.82 Å². The summed E-state index contributed by atoms with van der Waals surface area (Å²) < 4.78 is 13.1. The van der Waals surface area contributed by atoms with Crippen LogP contribution in [0.15, 0.2) is 53.6 Å². The SMILES string of the molecule is CCN(CC)CCNCc1cccc(C(=O)Nc2sc3c(c2C(=O)N/N=C/c2ccc(F)cc2)CCC3)c1. The van der Waals surface area contributed by atoms with E-state index in [1.165, 1.54) is 29.7 Å². The Bertz CT molecular complexity index is 1280. The van der Waals surface area contributed by atoms with Gasteiger partial charge in [0.25, 0.3) is 11.8 Å². The third-order valence-corrected chi connectivity index (χ3v) is 7.85. The minimum atomic E-state index is -0.371. The van der Waals surface area contributed by atoms with Crippen molar-refractivity contribution in [2.24, 2.45) is 5.10 Å². The lowest BCUT2D eigenvalue weighted by Gasteiger charge is -2.18. The Balaban J connectivity index is 1.41. The van der Waals surface area contributed by atoms with Crippen LogP contribution in [0, 0.1) is 5.82 Å². The van der Waals surface area contributed by atoms with Gasteiger partial charge in [0, 0.05) is 30.1 Å². The van der Waals surface area contributed by atoms with E-state index >= 15 is 0 Å². The molecular formula is C29H34FN5O2S. The predicted octanol–water partition coefficient (Wildman–Crippen LogP) is 4.82. The number of hydrogen-bond donors (Lipinski definition) is 3. The Morgan fingerprint density at radius 1 is 1.08 bits per heavy atom. The molecule has 0 saturated carbocycles. The Morgan fingerprint density at radius 2 is 1.87 bits per heavy atom.